The summed E-state index contributed by atoms with van der Waals surface area (Å²) in [5.41, 5.74) is 1.62. The van der Waals surface area contributed by atoms with Crippen LogP contribution in [0.3, 0.4) is 0 Å². The fourth-order valence-electron chi connectivity index (χ4n) is 2.28. The Balaban J connectivity index is 1.72. The van der Waals surface area contributed by atoms with Gasteiger partial charge in [0.25, 0.3) is 5.91 Å². The van der Waals surface area contributed by atoms with Crippen LogP contribution in [0.1, 0.15) is 15.9 Å². The number of halogens is 1. The highest BCUT2D eigenvalue weighted by Gasteiger charge is 2.06. The number of carbonyl (C=O) groups excluding carboxylic acids is 1. The average molecular weight is 375 g/mol. The number of nitrogens with one attached hydrogen (secondary N) is 3. The maximum absolute atomic E-state index is 12.1. The lowest BCUT2D eigenvalue weighted by atomic mass is 10.2. The molecule has 0 aromatic heterocycles. The summed E-state index contributed by atoms with van der Waals surface area (Å²) in [5.74, 6) is 1.16. The van der Waals surface area contributed by atoms with Crippen molar-refractivity contribution in [3.05, 3.63) is 64.7 Å². The fraction of sp³-hybridized carbons (Fsp3) is 0.263. The Labute approximate surface area is 158 Å². The Morgan fingerprint density at radius 1 is 1.08 bits per heavy atom. The van der Waals surface area contributed by atoms with Crippen LogP contribution in [0.2, 0.25) is 5.02 Å². The second-order valence-electron chi connectivity index (χ2n) is 5.47. The van der Waals surface area contributed by atoms with Crippen LogP contribution in [-0.4, -0.2) is 39.1 Å². The summed E-state index contributed by atoms with van der Waals surface area (Å²) in [6, 6.07) is 14.7. The summed E-state index contributed by atoms with van der Waals surface area (Å²) >= 11 is 5.97. The highest BCUT2D eigenvalue weighted by Crippen LogP contribution is 2.12. The number of hydrogen-bond acceptors (Lipinski definition) is 3. The molecular formula is C19H23ClN4O2. The van der Waals surface area contributed by atoms with Crippen LogP contribution in [0.25, 0.3) is 0 Å². The van der Waals surface area contributed by atoms with Gasteiger partial charge >= 0.3 is 0 Å². The van der Waals surface area contributed by atoms with Crippen LogP contribution in [0, 0.1) is 0 Å². The van der Waals surface area contributed by atoms with E-state index in [0.29, 0.717) is 41.9 Å². The Morgan fingerprint density at radius 3 is 2.58 bits per heavy atom. The van der Waals surface area contributed by atoms with Crippen LogP contribution >= 0.6 is 11.6 Å². The zero-order chi connectivity index (χ0) is 18.8. The second-order valence-corrected chi connectivity index (χ2v) is 5.91. The van der Waals surface area contributed by atoms with Crippen LogP contribution in [-0.2, 0) is 6.54 Å². The monoisotopic (exact) mass is 374 g/mol. The Morgan fingerprint density at radius 2 is 1.85 bits per heavy atom. The number of hydrogen-bond donors (Lipinski definition) is 3. The second kappa shape index (κ2) is 10.3. The first-order valence-electron chi connectivity index (χ1n) is 8.23. The van der Waals surface area contributed by atoms with Gasteiger partial charge in [-0.15, -0.1) is 0 Å². The van der Waals surface area contributed by atoms with Crippen molar-refractivity contribution in [1.82, 2.24) is 16.0 Å². The van der Waals surface area contributed by atoms with E-state index >= 15 is 0 Å². The maximum Gasteiger partial charge on any atom is 0.251 e. The molecular weight excluding hydrogens is 352 g/mol. The predicted octanol–water partition coefficient (Wildman–Crippen LogP) is 2.44. The molecule has 0 fully saturated rings. The molecule has 0 spiro atoms. The molecule has 0 aliphatic rings. The molecule has 0 saturated heterocycles. The van der Waals surface area contributed by atoms with Gasteiger partial charge < -0.3 is 20.7 Å². The van der Waals surface area contributed by atoms with E-state index in [0.717, 1.165) is 5.56 Å². The zero-order valence-electron chi connectivity index (χ0n) is 14.9. The molecule has 0 bridgehead atoms. The lowest BCUT2D eigenvalue weighted by molar-refractivity contribution is 0.0954. The third-order valence-electron chi connectivity index (χ3n) is 3.61. The SMILES string of the molecule is CN=C(NCCNC(=O)c1cccc(OC)c1)NCc1cccc(Cl)c1. The quantitative estimate of drug-likeness (QED) is 0.395. The largest absolute Gasteiger partial charge is 0.497 e. The minimum atomic E-state index is -0.146. The third kappa shape index (κ3) is 6.29. The number of aliphatic imine (C=N–C) groups is 1. The number of nitrogens with zero attached hydrogens (tertiary/aromatic N) is 1. The number of carbonyl (C=O) groups is 1. The molecule has 2 aromatic carbocycles. The van der Waals surface area contributed by atoms with Gasteiger partial charge in [-0.2, -0.15) is 0 Å². The van der Waals surface area contributed by atoms with E-state index < -0.39 is 0 Å². The molecule has 7 heteroatoms. The van der Waals surface area contributed by atoms with Crippen molar-refractivity contribution in [3.8, 4) is 5.75 Å². The topological polar surface area (TPSA) is 74.8 Å². The average Bonchev–Trinajstić information content (AvgIpc) is 2.67. The maximum atomic E-state index is 12.1. The number of guanidine groups is 1. The van der Waals surface area contributed by atoms with E-state index in [9.17, 15) is 4.79 Å². The molecule has 0 saturated carbocycles. The van der Waals surface area contributed by atoms with E-state index in [-0.39, 0.29) is 5.91 Å². The first-order chi connectivity index (χ1) is 12.6. The Kier molecular flexibility index (Phi) is 7.76. The van der Waals surface area contributed by atoms with E-state index in [1.54, 1.807) is 38.4 Å². The molecule has 0 heterocycles. The molecule has 6 nitrogen and oxygen atoms in total. The van der Waals surface area contributed by atoms with Gasteiger partial charge in [0, 0.05) is 37.3 Å². The fourth-order valence-corrected chi connectivity index (χ4v) is 2.49. The molecule has 0 radical (unpaired) electrons. The van der Waals surface area contributed by atoms with Crippen molar-refractivity contribution in [1.29, 1.82) is 0 Å². The van der Waals surface area contributed by atoms with Gasteiger partial charge in [-0.25, -0.2) is 0 Å². The number of rotatable bonds is 7. The normalized spacial score (nSPS) is 11.0. The number of methoxy groups -OCH3 is 1. The van der Waals surface area contributed by atoms with E-state index in [4.69, 9.17) is 16.3 Å². The van der Waals surface area contributed by atoms with Crippen LogP contribution in [0.4, 0.5) is 0 Å². The first-order valence-corrected chi connectivity index (χ1v) is 8.61. The van der Waals surface area contributed by atoms with Gasteiger partial charge in [0.1, 0.15) is 5.75 Å². The number of ether oxygens (including phenoxy) is 1. The lowest BCUT2D eigenvalue weighted by Gasteiger charge is -2.12. The molecule has 3 N–H and O–H groups in total. The first kappa shape index (κ1) is 19.6. The molecule has 2 aromatic rings. The highest BCUT2D eigenvalue weighted by atomic mass is 35.5. The molecule has 1 amide bonds. The molecule has 0 atom stereocenters. The molecule has 0 aliphatic carbocycles. The van der Waals surface area contributed by atoms with Gasteiger partial charge in [-0.3, -0.25) is 9.79 Å². The Bertz CT molecular complexity index is 765. The van der Waals surface area contributed by atoms with Gasteiger partial charge in [-0.1, -0.05) is 29.8 Å². The van der Waals surface area contributed by atoms with Gasteiger partial charge in [0.05, 0.1) is 7.11 Å². The van der Waals surface area contributed by atoms with Crippen molar-refractivity contribution in [2.24, 2.45) is 4.99 Å². The highest BCUT2D eigenvalue weighted by molar-refractivity contribution is 6.30. The van der Waals surface area contributed by atoms with Crippen molar-refractivity contribution < 1.29 is 9.53 Å². The summed E-state index contributed by atoms with van der Waals surface area (Å²) in [6.07, 6.45) is 0. The van der Waals surface area contributed by atoms with Crippen molar-refractivity contribution in [2.45, 2.75) is 6.54 Å². The van der Waals surface area contributed by atoms with Crippen LogP contribution in [0.15, 0.2) is 53.5 Å². The number of amides is 1. The zero-order valence-corrected chi connectivity index (χ0v) is 15.6. The molecule has 26 heavy (non-hydrogen) atoms. The van der Waals surface area contributed by atoms with Crippen molar-refractivity contribution in [3.63, 3.8) is 0 Å². The minimum absolute atomic E-state index is 0.146. The van der Waals surface area contributed by atoms with Crippen molar-refractivity contribution >= 4 is 23.5 Å². The van der Waals surface area contributed by atoms with Gasteiger partial charge in [-0.05, 0) is 35.9 Å². The summed E-state index contributed by atoms with van der Waals surface area (Å²) in [7, 11) is 3.27. The molecule has 0 unspecified atom stereocenters. The van der Waals surface area contributed by atoms with Crippen LogP contribution in [0.5, 0.6) is 5.75 Å². The van der Waals surface area contributed by atoms with E-state index in [2.05, 4.69) is 20.9 Å². The Hall–Kier alpha value is -2.73. The van der Waals surface area contributed by atoms with Crippen LogP contribution < -0.4 is 20.7 Å². The lowest BCUT2D eigenvalue weighted by Crippen LogP contribution is -2.41. The van der Waals surface area contributed by atoms with Gasteiger partial charge in [0.2, 0.25) is 0 Å². The van der Waals surface area contributed by atoms with Crippen molar-refractivity contribution in [2.75, 3.05) is 27.2 Å². The van der Waals surface area contributed by atoms with E-state index in [1.807, 2.05) is 24.3 Å². The summed E-state index contributed by atoms with van der Waals surface area (Å²) in [6.45, 7) is 1.62. The smallest absolute Gasteiger partial charge is 0.251 e. The summed E-state index contributed by atoms with van der Waals surface area (Å²) in [4.78, 5) is 16.3. The molecule has 2 rings (SSSR count). The number of benzene rings is 2. The summed E-state index contributed by atoms with van der Waals surface area (Å²) < 4.78 is 5.12. The third-order valence-corrected chi connectivity index (χ3v) is 3.84. The minimum Gasteiger partial charge on any atom is -0.497 e. The molecule has 138 valence electrons. The summed E-state index contributed by atoms with van der Waals surface area (Å²) in [5, 5.41) is 9.90. The predicted molar refractivity (Wildman–Crippen MR) is 105 cm³/mol. The van der Waals surface area contributed by atoms with E-state index in [1.165, 1.54) is 0 Å². The van der Waals surface area contributed by atoms with Gasteiger partial charge in [0.15, 0.2) is 5.96 Å². The standard InChI is InChI=1S/C19H23ClN4O2/c1-21-19(24-13-14-5-3-7-16(20)11-14)23-10-9-22-18(25)15-6-4-8-17(12-15)26-2/h3-8,11-12H,9-10,13H2,1-2H3,(H,22,25)(H2,21,23,24). The molecule has 0 aliphatic heterocycles.